The van der Waals surface area contributed by atoms with Crippen molar-refractivity contribution in [1.82, 2.24) is 4.90 Å². The van der Waals surface area contributed by atoms with Crippen LogP contribution in [-0.2, 0) is 17.8 Å². The van der Waals surface area contributed by atoms with E-state index in [9.17, 15) is 4.79 Å². The average Bonchev–Trinajstić information content (AvgIpc) is 3.32. The van der Waals surface area contributed by atoms with Crippen molar-refractivity contribution in [3.8, 4) is 5.75 Å². The molecule has 0 fully saturated rings. The van der Waals surface area contributed by atoms with Crippen LogP contribution in [0.2, 0.25) is 0 Å². The van der Waals surface area contributed by atoms with Crippen LogP contribution >= 0.6 is 28.7 Å². The van der Waals surface area contributed by atoms with Crippen molar-refractivity contribution in [2.75, 3.05) is 17.8 Å². The van der Waals surface area contributed by atoms with Crippen molar-refractivity contribution in [2.45, 2.75) is 104 Å². The molecule has 0 saturated heterocycles. The summed E-state index contributed by atoms with van der Waals surface area (Å²) in [4.78, 5) is 15.2. The molecule has 6 heteroatoms. The quantitative estimate of drug-likeness (QED) is 0.159. The number of halogens is 1. The Hall–Kier alpha value is -1.92. The predicted octanol–water partition coefficient (Wildman–Crippen LogP) is 9.89. The van der Waals surface area contributed by atoms with E-state index in [1.54, 1.807) is 0 Å². The number of thioether (sulfide) groups is 1. The van der Waals surface area contributed by atoms with Gasteiger partial charge >= 0.3 is 0 Å². The minimum absolute atomic E-state index is 0. The third kappa shape index (κ3) is 13.3. The van der Waals surface area contributed by atoms with E-state index >= 15 is 0 Å². The summed E-state index contributed by atoms with van der Waals surface area (Å²) >= 11 is 1.81. The van der Waals surface area contributed by atoms with Gasteiger partial charge in [0.05, 0.1) is 18.9 Å². The number of nitrogens with one attached hydrogen (secondary N) is 1. The van der Waals surface area contributed by atoms with Gasteiger partial charge in [-0.05, 0) is 48.1 Å². The minimum atomic E-state index is -0.00128. The van der Waals surface area contributed by atoms with Crippen molar-refractivity contribution in [1.29, 1.82) is 0 Å². The summed E-state index contributed by atoms with van der Waals surface area (Å²) in [6.07, 6.45) is 16.4. The molecule has 0 radical (unpaired) electrons. The number of unbranched alkanes of at least 4 members (excludes halogenated alkanes) is 11. The first-order chi connectivity index (χ1) is 18.7. The van der Waals surface area contributed by atoms with Crippen molar-refractivity contribution in [3.63, 3.8) is 0 Å². The van der Waals surface area contributed by atoms with Crippen LogP contribution in [0.4, 0.5) is 5.69 Å². The second kappa shape index (κ2) is 20.0. The lowest BCUT2D eigenvalue weighted by atomic mass is 10.1. The Morgan fingerprint density at radius 2 is 1.56 bits per heavy atom. The van der Waals surface area contributed by atoms with Gasteiger partial charge in [-0.25, -0.2) is 0 Å². The number of carbonyl (C=O) groups excluding carboxylic acids is 1. The Bertz CT molecular complexity index is 997. The molecule has 0 spiro atoms. The van der Waals surface area contributed by atoms with Gasteiger partial charge in [0.2, 0.25) is 5.91 Å². The van der Waals surface area contributed by atoms with Crippen LogP contribution in [0, 0.1) is 0 Å². The van der Waals surface area contributed by atoms with Gasteiger partial charge in [0, 0.05) is 17.9 Å². The first kappa shape index (κ1) is 33.3. The van der Waals surface area contributed by atoms with Crippen molar-refractivity contribution >= 4 is 40.3 Å². The number of carbonyl (C=O) groups is 1. The second-order valence-corrected chi connectivity index (χ2v) is 11.3. The molecule has 1 heterocycles. The van der Waals surface area contributed by atoms with Crippen LogP contribution in [0.5, 0.6) is 5.75 Å². The normalized spacial score (nSPS) is 12.7. The first-order valence-electron chi connectivity index (χ1n) is 14.8. The lowest BCUT2D eigenvalue weighted by Crippen LogP contribution is -2.20. The van der Waals surface area contributed by atoms with Crippen LogP contribution in [0.15, 0.2) is 59.6 Å². The highest BCUT2D eigenvalue weighted by Gasteiger charge is 2.15. The predicted molar refractivity (Wildman–Crippen MR) is 174 cm³/mol. The topological polar surface area (TPSA) is 41.6 Å². The van der Waals surface area contributed by atoms with E-state index in [1.165, 1.54) is 76.3 Å². The summed E-state index contributed by atoms with van der Waals surface area (Å²) in [6, 6.07) is 16.1. The number of ether oxygens (including phenoxy) is 1. The van der Waals surface area contributed by atoms with Crippen molar-refractivity contribution < 1.29 is 9.53 Å². The number of amides is 1. The lowest BCUT2D eigenvalue weighted by Gasteiger charge is -2.21. The smallest absolute Gasteiger partial charge is 0.228 e. The molecule has 2 aromatic carbocycles. The third-order valence-electron chi connectivity index (χ3n) is 7.17. The van der Waals surface area contributed by atoms with Crippen LogP contribution in [-0.4, -0.2) is 23.3 Å². The highest BCUT2D eigenvalue weighted by Crippen LogP contribution is 2.27. The van der Waals surface area contributed by atoms with E-state index in [4.69, 9.17) is 4.74 Å². The monoisotopic (exact) mass is 616 g/mol. The fourth-order valence-electron chi connectivity index (χ4n) is 4.84. The van der Waals surface area contributed by atoms with Crippen LogP contribution in [0.1, 0.15) is 102 Å². The maximum Gasteiger partial charge on any atom is 0.228 e. The molecule has 0 aromatic heterocycles. The van der Waals surface area contributed by atoms with Crippen LogP contribution in [0.3, 0.4) is 0 Å². The molecule has 0 aliphatic carbocycles. The molecule has 216 valence electrons. The zero-order valence-corrected chi connectivity index (χ0v) is 26.6. The molecule has 0 atom stereocenters. The van der Waals surface area contributed by atoms with Gasteiger partial charge in [0.25, 0.3) is 0 Å². The summed E-state index contributed by atoms with van der Waals surface area (Å²) in [7, 11) is 0. The number of rotatable bonds is 19. The maximum atomic E-state index is 12.9. The highest BCUT2D eigenvalue weighted by atomic mass is 79.9. The van der Waals surface area contributed by atoms with E-state index < -0.39 is 0 Å². The number of hydrogen-bond donors (Lipinski definition) is 1. The molecule has 0 saturated carbocycles. The number of hydrogen-bond acceptors (Lipinski definition) is 4. The molecule has 1 N–H and O–H groups in total. The van der Waals surface area contributed by atoms with E-state index in [1.807, 2.05) is 54.2 Å². The van der Waals surface area contributed by atoms with Gasteiger partial charge in [-0.2, -0.15) is 0 Å². The number of benzene rings is 2. The lowest BCUT2D eigenvalue weighted by molar-refractivity contribution is -0.115. The molecule has 0 unspecified atom stereocenters. The minimum Gasteiger partial charge on any atom is -0.494 e. The van der Waals surface area contributed by atoms with E-state index in [0.717, 1.165) is 48.0 Å². The van der Waals surface area contributed by atoms with Gasteiger partial charge in [-0.3, -0.25) is 4.79 Å². The SMILES string of the molecule is Br.CCCCCCCCCCCCCCOc1cccc(CC(=O)Nc2ccccc2CN2CSC=C2C)c1. The Balaban J connectivity index is 0.00000533. The average molecular weight is 618 g/mol. The highest BCUT2D eigenvalue weighted by molar-refractivity contribution is 8.93. The summed E-state index contributed by atoms with van der Waals surface area (Å²) < 4.78 is 6.00. The van der Waals surface area contributed by atoms with Crippen LogP contribution < -0.4 is 10.1 Å². The number of anilines is 1. The fourth-order valence-corrected chi connectivity index (χ4v) is 5.78. The maximum absolute atomic E-state index is 12.9. The van der Waals surface area contributed by atoms with Gasteiger partial charge in [0.1, 0.15) is 5.75 Å². The van der Waals surface area contributed by atoms with Gasteiger partial charge in [-0.1, -0.05) is 108 Å². The number of allylic oxidation sites excluding steroid dienone is 1. The molecular weight excluding hydrogens is 568 g/mol. The Kier molecular flexibility index (Phi) is 17.1. The molecule has 2 aromatic rings. The number of nitrogens with zero attached hydrogens (tertiary/aromatic N) is 1. The molecule has 1 amide bonds. The zero-order chi connectivity index (χ0) is 26.8. The largest absolute Gasteiger partial charge is 0.494 e. The summed E-state index contributed by atoms with van der Waals surface area (Å²) in [5.41, 5.74) is 4.27. The number of para-hydroxylation sites is 1. The van der Waals surface area contributed by atoms with Gasteiger partial charge in [-0.15, -0.1) is 28.7 Å². The molecule has 0 bridgehead atoms. The molecule has 3 rings (SSSR count). The third-order valence-corrected chi connectivity index (χ3v) is 8.13. The van der Waals surface area contributed by atoms with Crippen molar-refractivity contribution in [2.24, 2.45) is 0 Å². The van der Waals surface area contributed by atoms with Crippen LogP contribution in [0.25, 0.3) is 0 Å². The Morgan fingerprint density at radius 3 is 2.23 bits per heavy atom. The summed E-state index contributed by atoms with van der Waals surface area (Å²) in [6.45, 7) is 5.95. The van der Waals surface area contributed by atoms with Gasteiger partial charge < -0.3 is 15.0 Å². The summed E-state index contributed by atoms with van der Waals surface area (Å²) in [5.74, 6) is 1.81. The van der Waals surface area contributed by atoms with E-state index in [0.29, 0.717) is 6.42 Å². The Labute approximate surface area is 252 Å². The molecule has 1 aliphatic heterocycles. The zero-order valence-electron chi connectivity index (χ0n) is 24.1. The Morgan fingerprint density at radius 1 is 0.897 bits per heavy atom. The van der Waals surface area contributed by atoms with E-state index in [-0.39, 0.29) is 22.9 Å². The second-order valence-electron chi connectivity index (χ2n) is 10.5. The molecule has 39 heavy (non-hydrogen) atoms. The first-order valence-corrected chi connectivity index (χ1v) is 15.8. The molecular formula is C33H49BrN2O2S. The van der Waals surface area contributed by atoms with Gasteiger partial charge in [0.15, 0.2) is 0 Å². The standard InChI is InChI=1S/C33H48N2O2S.BrH/c1-3-4-5-6-7-8-9-10-11-12-13-16-22-37-31-20-17-18-29(23-31)24-33(36)34-32-21-15-14-19-30(32)25-35-27-38-26-28(35)2;/h14-15,17-21,23,26H,3-13,16,22,24-25,27H2,1-2H3,(H,34,36);1H. The molecule has 4 nitrogen and oxygen atoms in total. The molecule has 1 aliphatic rings. The van der Waals surface area contributed by atoms with Crippen molar-refractivity contribution in [3.05, 3.63) is 70.8 Å². The summed E-state index contributed by atoms with van der Waals surface area (Å²) in [5, 5.41) is 5.32. The fraction of sp³-hybridized carbons (Fsp3) is 0.545. The van der Waals surface area contributed by atoms with E-state index in [2.05, 4.69) is 35.5 Å².